The molecule has 1 aromatic carbocycles. The maximum atomic E-state index is 12.5. The molecule has 0 saturated heterocycles. The third-order valence-corrected chi connectivity index (χ3v) is 4.84. The topological polar surface area (TPSA) is 93.7 Å². The lowest BCUT2D eigenvalue weighted by atomic mass is 10.3. The van der Waals surface area contributed by atoms with Gasteiger partial charge in [0.2, 0.25) is 15.9 Å². The van der Waals surface area contributed by atoms with E-state index in [0.29, 0.717) is 26.2 Å². The quantitative estimate of drug-likeness (QED) is 0.602. The summed E-state index contributed by atoms with van der Waals surface area (Å²) in [6.07, 6.45) is 0.643. The first-order chi connectivity index (χ1) is 11.3. The second-order valence-electron chi connectivity index (χ2n) is 5.00. The molecule has 0 radical (unpaired) electrons. The molecule has 0 fully saturated rings. The van der Waals surface area contributed by atoms with Gasteiger partial charge in [0.25, 0.3) is 0 Å². The number of amides is 1. The van der Waals surface area contributed by atoms with Crippen LogP contribution in [-0.4, -0.2) is 47.2 Å². The average Bonchev–Trinajstić information content (AvgIpc) is 2.52. The monoisotopic (exact) mass is 378 g/mol. The van der Waals surface area contributed by atoms with Crippen molar-refractivity contribution >= 4 is 27.5 Å². The van der Waals surface area contributed by atoms with Gasteiger partial charge in [0.15, 0.2) is 0 Å². The molecule has 136 valence electrons. The lowest BCUT2D eigenvalue weighted by molar-refractivity contribution is -0.122. The SMILES string of the molecule is CCOc1ccc(Cl)cc1S(=O)(=O)NC(C)C(=O)NCCCOC. The first-order valence-electron chi connectivity index (χ1n) is 7.53. The fourth-order valence-corrected chi connectivity index (χ4v) is 3.51. The number of sulfonamides is 1. The van der Waals surface area contributed by atoms with E-state index in [-0.39, 0.29) is 15.7 Å². The molecule has 1 rings (SSSR count). The molecule has 0 spiro atoms. The summed E-state index contributed by atoms with van der Waals surface area (Å²) in [5, 5.41) is 2.90. The number of hydrogen-bond acceptors (Lipinski definition) is 5. The van der Waals surface area contributed by atoms with Crippen LogP contribution in [0.2, 0.25) is 5.02 Å². The van der Waals surface area contributed by atoms with E-state index >= 15 is 0 Å². The summed E-state index contributed by atoms with van der Waals surface area (Å²) in [5.41, 5.74) is 0. The maximum Gasteiger partial charge on any atom is 0.245 e. The van der Waals surface area contributed by atoms with Gasteiger partial charge in [-0.15, -0.1) is 0 Å². The number of nitrogens with one attached hydrogen (secondary N) is 2. The minimum Gasteiger partial charge on any atom is -0.492 e. The van der Waals surface area contributed by atoms with Gasteiger partial charge in [-0.2, -0.15) is 4.72 Å². The molecule has 24 heavy (non-hydrogen) atoms. The first-order valence-corrected chi connectivity index (χ1v) is 9.39. The summed E-state index contributed by atoms with van der Waals surface area (Å²) in [7, 11) is -2.39. The van der Waals surface area contributed by atoms with E-state index < -0.39 is 22.0 Å². The Kier molecular flexibility index (Phi) is 8.47. The van der Waals surface area contributed by atoms with Crippen LogP contribution >= 0.6 is 11.6 Å². The Morgan fingerprint density at radius 3 is 2.71 bits per heavy atom. The van der Waals surface area contributed by atoms with Crippen LogP contribution in [0.4, 0.5) is 0 Å². The van der Waals surface area contributed by atoms with Crippen LogP contribution in [-0.2, 0) is 19.6 Å². The molecule has 0 aromatic heterocycles. The molecule has 7 nitrogen and oxygen atoms in total. The average molecular weight is 379 g/mol. The van der Waals surface area contributed by atoms with Crippen LogP contribution in [0.15, 0.2) is 23.1 Å². The zero-order valence-corrected chi connectivity index (χ0v) is 15.5. The minimum atomic E-state index is -3.96. The third kappa shape index (κ3) is 6.27. The molecular weight excluding hydrogens is 356 g/mol. The second-order valence-corrected chi connectivity index (χ2v) is 7.12. The molecule has 1 aromatic rings. The van der Waals surface area contributed by atoms with Gasteiger partial charge in [-0.05, 0) is 38.5 Å². The summed E-state index contributed by atoms with van der Waals surface area (Å²) in [4.78, 5) is 11.9. The molecule has 0 heterocycles. The van der Waals surface area contributed by atoms with Crippen LogP contribution < -0.4 is 14.8 Å². The zero-order valence-electron chi connectivity index (χ0n) is 14.0. The lowest BCUT2D eigenvalue weighted by Crippen LogP contribution is -2.45. The summed E-state index contributed by atoms with van der Waals surface area (Å²) < 4.78 is 37.6. The van der Waals surface area contributed by atoms with Crippen molar-refractivity contribution in [2.24, 2.45) is 0 Å². The van der Waals surface area contributed by atoms with Gasteiger partial charge in [0, 0.05) is 25.3 Å². The van der Waals surface area contributed by atoms with Crippen LogP contribution in [0.5, 0.6) is 5.75 Å². The van der Waals surface area contributed by atoms with Gasteiger partial charge < -0.3 is 14.8 Å². The van der Waals surface area contributed by atoms with Crippen LogP contribution in [0.1, 0.15) is 20.3 Å². The molecule has 0 saturated carbocycles. The van der Waals surface area contributed by atoms with Crippen molar-refractivity contribution in [2.45, 2.75) is 31.2 Å². The zero-order chi connectivity index (χ0) is 18.2. The third-order valence-electron chi connectivity index (χ3n) is 3.04. The molecule has 0 aliphatic rings. The summed E-state index contributed by atoms with van der Waals surface area (Å²) in [6.45, 7) is 4.43. The van der Waals surface area contributed by atoms with Crippen molar-refractivity contribution < 1.29 is 22.7 Å². The van der Waals surface area contributed by atoms with Gasteiger partial charge in [-0.1, -0.05) is 11.6 Å². The Bertz CT molecular complexity index is 651. The van der Waals surface area contributed by atoms with Gasteiger partial charge in [0.05, 0.1) is 12.6 Å². The highest BCUT2D eigenvalue weighted by Gasteiger charge is 2.25. The number of methoxy groups -OCH3 is 1. The summed E-state index contributed by atoms with van der Waals surface area (Å²) in [5.74, 6) is -0.239. The normalized spacial score (nSPS) is 12.7. The molecule has 1 amide bonds. The van der Waals surface area contributed by atoms with E-state index in [1.807, 2.05) is 0 Å². The molecule has 1 unspecified atom stereocenters. The van der Waals surface area contributed by atoms with E-state index in [4.69, 9.17) is 21.1 Å². The Balaban J connectivity index is 2.82. The fourth-order valence-electron chi connectivity index (χ4n) is 1.90. The van der Waals surface area contributed by atoms with Gasteiger partial charge in [-0.3, -0.25) is 4.79 Å². The molecule has 9 heteroatoms. The van der Waals surface area contributed by atoms with Crippen LogP contribution in [0, 0.1) is 0 Å². The number of hydrogen-bond donors (Lipinski definition) is 2. The lowest BCUT2D eigenvalue weighted by Gasteiger charge is -2.16. The Labute approximate surface area is 147 Å². The minimum absolute atomic E-state index is 0.101. The van der Waals surface area contributed by atoms with Crippen LogP contribution in [0.25, 0.3) is 0 Å². The maximum absolute atomic E-state index is 12.5. The van der Waals surface area contributed by atoms with E-state index in [1.165, 1.54) is 25.1 Å². The standard InChI is InChI=1S/C15H23ClN2O5S/c1-4-23-13-7-6-12(16)10-14(13)24(20,21)18-11(2)15(19)17-8-5-9-22-3/h6-7,10-11,18H,4-5,8-9H2,1-3H3,(H,17,19). The molecule has 0 aliphatic carbocycles. The van der Waals surface area contributed by atoms with E-state index in [9.17, 15) is 13.2 Å². The highest BCUT2D eigenvalue weighted by Crippen LogP contribution is 2.27. The van der Waals surface area contributed by atoms with Crippen molar-refractivity contribution in [1.29, 1.82) is 0 Å². The van der Waals surface area contributed by atoms with Crippen LogP contribution in [0.3, 0.4) is 0 Å². The molecular formula is C15H23ClN2O5S. The first kappa shape index (κ1) is 20.7. The van der Waals surface area contributed by atoms with E-state index in [1.54, 1.807) is 14.0 Å². The van der Waals surface area contributed by atoms with E-state index in [0.717, 1.165) is 0 Å². The van der Waals surface area contributed by atoms with Gasteiger partial charge in [-0.25, -0.2) is 8.42 Å². The van der Waals surface area contributed by atoms with Crippen molar-refractivity contribution in [1.82, 2.24) is 10.0 Å². The Morgan fingerprint density at radius 1 is 1.38 bits per heavy atom. The molecule has 1 atom stereocenters. The molecule has 0 bridgehead atoms. The number of carbonyl (C=O) groups is 1. The molecule has 2 N–H and O–H groups in total. The number of benzene rings is 1. The van der Waals surface area contributed by atoms with Crippen molar-refractivity contribution in [3.63, 3.8) is 0 Å². The predicted octanol–water partition coefficient (Wildman–Crippen LogP) is 1.56. The Hall–Kier alpha value is -1.35. The highest BCUT2D eigenvalue weighted by atomic mass is 35.5. The fraction of sp³-hybridized carbons (Fsp3) is 0.533. The van der Waals surface area contributed by atoms with Gasteiger partial charge >= 0.3 is 0 Å². The summed E-state index contributed by atoms with van der Waals surface area (Å²) >= 11 is 5.88. The van der Waals surface area contributed by atoms with Crippen molar-refractivity contribution in [2.75, 3.05) is 26.9 Å². The number of halogens is 1. The number of ether oxygens (including phenoxy) is 2. The largest absolute Gasteiger partial charge is 0.492 e. The number of carbonyl (C=O) groups excluding carboxylic acids is 1. The smallest absolute Gasteiger partial charge is 0.245 e. The van der Waals surface area contributed by atoms with Gasteiger partial charge in [0.1, 0.15) is 10.6 Å². The second kappa shape index (κ2) is 9.83. The van der Waals surface area contributed by atoms with Crippen molar-refractivity contribution in [3.05, 3.63) is 23.2 Å². The Morgan fingerprint density at radius 2 is 2.08 bits per heavy atom. The van der Waals surface area contributed by atoms with E-state index in [2.05, 4.69) is 10.0 Å². The predicted molar refractivity (Wildman–Crippen MR) is 91.9 cm³/mol. The highest BCUT2D eigenvalue weighted by molar-refractivity contribution is 7.89. The van der Waals surface area contributed by atoms with Crippen molar-refractivity contribution in [3.8, 4) is 5.75 Å². The number of rotatable bonds is 10. The molecule has 0 aliphatic heterocycles. The summed E-state index contributed by atoms with van der Waals surface area (Å²) in [6, 6.07) is 3.37.